The summed E-state index contributed by atoms with van der Waals surface area (Å²) in [6.45, 7) is 5.21. The van der Waals surface area contributed by atoms with Gasteiger partial charge in [0.15, 0.2) is 0 Å². The van der Waals surface area contributed by atoms with Gasteiger partial charge >= 0.3 is 0 Å². The quantitative estimate of drug-likeness (QED) is 0.763. The van der Waals surface area contributed by atoms with Crippen molar-refractivity contribution in [2.75, 3.05) is 30.9 Å². The van der Waals surface area contributed by atoms with Gasteiger partial charge in [-0.1, -0.05) is 30.3 Å². The fourth-order valence-electron chi connectivity index (χ4n) is 3.81. The van der Waals surface area contributed by atoms with Crippen LogP contribution in [0.25, 0.3) is 0 Å². The van der Waals surface area contributed by atoms with E-state index in [1.165, 1.54) is 0 Å². The average molecular weight is 389 g/mol. The van der Waals surface area contributed by atoms with E-state index in [9.17, 15) is 8.42 Å². The van der Waals surface area contributed by atoms with Crippen molar-refractivity contribution in [3.05, 3.63) is 60.2 Å². The second-order valence-corrected chi connectivity index (χ2v) is 9.26. The minimum atomic E-state index is -3.31. The third-order valence-electron chi connectivity index (χ3n) is 5.12. The van der Waals surface area contributed by atoms with Crippen molar-refractivity contribution in [1.29, 1.82) is 0 Å². The molecule has 0 radical (unpaired) electrons. The van der Waals surface area contributed by atoms with E-state index in [-0.39, 0.29) is 17.8 Å². The van der Waals surface area contributed by atoms with E-state index < -0.39 is 10.0 Å². The van der Waals surface area contributed by atoms with Crippen molar-refractivity contribution in [3.63, 3.8) is 0 Å². The normalized spacial score (nSPS) is 21.2. The molecule has 1 saturated heterocycles. The van der Waals surface area contributed by atoms with E-state index >= 15 is 0 Å². The molecule has 0 spiro atoms. The van der Waals surface area contributed by atoms with Crippen molar-refractivity contribution < 1.29 is 13.2 Å². The molecule has 0 N–H and O–H groups in total. The maximum atomic E-state index is 12.9. The minimum Gasteiger partial charge on any atom is -0.497 e. The summed E-state index contributed by atoms with van der Waals surface area (Å²) in [4.78, 5) is 2.31. The maximum absolute atomic E-state index is 12.9. The molecule has 1 aliphatic heterocycles. The summed E-state index contributed by atoms with van der Waals surface area (Å²) in [7, 11) is -1.69. The average Bonchev–Trinajstić information content (AvgIpc) is 2.67. The molecule has 1 heterocycles. The van der Waals surface area contributed by atoms with E-state index in [0.717, 1.165) is 17.0 Å². The van der Waals surface area contributed by atoms with Gasteiger partial charge in [0.1, 0.15) is 5.75 Å². The van der Waals surface area contributed by atoms with Gasteiger partial charge in [-0.05, 0) is 50.1 Å². The first-order valence-electron chi connectivity index (χ1n) is 9.35. The first-order valence-corrected chi connectivity index (χ1v) is 11.0. The molecular weight excluding hydrogens is 360 g/mol. The van der Waals surface area contributed by atoms with Gasteiger partial charge in [-0.25, -0.2) is 8.42 Å². The second-order valence-electron chi connectivity index (χ2n) is 7.18. The van der Waals surface area contributed by atoms with Crippen LogP contribution >= 0.6 is 0 Å². The van der Waals surface area contributed by atoms with Crippen LogP contribution in [-0.2, 0) is 16.4 Å². The third-order valence-corrected chi connectivity index (χ3v) is 6.92. The predicted octanol–water partition coefficient (Wildman–Crippen LogP) is 3.17. The van der Waals surface area contributed by atoms with E-state index in [4.69, 9.17) is 4.74 Å². The molecule has 5 nitrogen and oxygen atoms in total. The van der Waals surface area contributed by atoms with Gasteiger partial charge < -0.3 is 9.64 Å². The van der Waals surface area contributed by atoms with Crippen LogP contribution in [0.2, 0.25) is 0 Å². The molecule has 0 saturated carbocycles. The van der Waals surface area contributed by atoms with Gasteiger partial charge in [-0.15, -0.1) is 0 Å². The fourth-order valence-corrected chi connectivity index (χ4v) is 5.45. The molecule has 0 aliphatic carbocycles. The lowest BCUT2D eigenvalue weighted by Gasteiger charge is -2.45. The molecule has 2 aromatic carbocycles. The molecule has 0 bridgehead atoms. The van der Waals surface area contributed by atoms with Crippen molar-refractivity contribution in [3.8, 4) is 5.75 Å². The summed E-state index contributed by atoms with van der Waals surface area (Å²) < 4.78 is 32.7. The SMILES string of the molecule is COc1cccc(CCS(=O)(=O)N2CC(C)N(c3ccccc3)C(C)C2)c1. The molecule has 3 rings (SSSR count). The number of methoxy groups -OCH3 is 1. The summed E-state index contributed by atoms with van der Waals surface area (Å²) >= 11 is 0. The molecule has 2 atom stereocenters. The summed E-state index contributed by atoms with van der Waals surface area (Å²) in [5, 5.41) is 0. The molecule has 2 aromatic rings. The summed E-state index contributed by atoms with van der Waals surface area (Å²) in [6.07, 6.45) is 0.487. The Morgan fingerprint density at radius 3 is 2.30 bits per heavy atom. The zero-order valence-corrected chi connectivity index (χ0v) is 17.0. The number of benzene rings is 2. The van der Waals surface area contributed by atoms with Gasteiger partial charge in [0, 0.05) is 30.9 Å². The number of aryl methyl sites for hydroxylation is 1. The predicted molar refractivity (Wildman–Crippen MR) is 110 cm³/mol. The highest BCUT2D eigenvalue weighted by Crippen LogP contribution is 2.26. The zero-order valence-electron chi connectivity index (χ0n) is 16.2. The largest absolute Gasteiger partial charge is 0.497 e. The third kappa shape index (κ3) is 4.62. The summed E-state index contributed by atoms with van der Waals surface area (Å²) in [5.41, 5.74) is 2.12. The lowest BCUT2D eigenvalue weighted by molar-refractivity contribution is 0.301. The van der Waals surface area contributed by atoms with Crippen LogP contribution < -0.4 is 9.64 Å². The van der Waals surface area contributed by atoms with E-state index in [1.54, 1.807) is 11.4 Å². The topological polar surface area (TPSA) is 49.9 Å². The lowest BCUT2D eigenvalue weighted by Crippen LogP contribution is -2.58. The number of piperazine rings is 1. The first-order chi connectivity index (χ1) is 12.9. The van der Waals surface area contributed by atoms with Gasteiger partial charge in [0.25, 0.3) is 0 Å². The summed E-state index contributed by atoms with van der Waals surface area (Å²) in [5.74, 6) is 0.869. The number of hydrogen-bond donors (Lipinski definition) is 0. The van der Waals surface area contributed by atoms with Crippen molar-refractivity contribution in [2.45, 2.75) is 32.4 Å². The Balaban J connectivity index is 1.67. The van der Waals surface area contributed by atoms with Crippen molar-refractivity contribution >= 4 is 15.7 Å². The Bertz CT molecular complexity index is 843. The highest BCUT2D eigenvalue weighted by molar-refractivity contribution is 7.89. The Morgan fingerprint density at radius 1 is 1.00 bits per heavy atom. The zero-order chi connectivity index (χ0) is 19.4. The Kier molecular flexibility index (Phi) is 6.07. The molecule has 2 unspecified atom stereocenters. The molecule has 27 heavy (non-hydrogen) atoms. The van der Waals surface area contributed by atoms with Crippen LogP contribution in [-0.4, -0.2) is 50.8 Å². The molecule has 146 valence electrons. The fraction of sp³-hybridized carbons (Fsp3) is 0.429. The Morgan fingerprint density at radius 2 is 1.67 bits per heavy atom. The highest BCUT2D eigenvalue weighted by atomic mass is 32.2. The number of hydrogen-bond acceptors (Lipinski definition) is 4. The molecule has 1 fully saturated rings. The van der Waals surface area contributed by atoms with Gasteiger partial charge in [-0.3, -0.25) is 0 Å². The van der Waals surface area contributed by atoms with Crippen LogP contribution in [0.4, 0.5) is 5.69 Å². The van der Waals surface area contributed by atoms with Crippen LogP contribution in [0, 0.1) is 0 Å². The number of para-hydroxylation sites is 1. The minimum absolute atomic E-state index is 0.116. The van der Waals surface area contributed by atoms with Crippen molar-refractivity contribution in [1.82, 2.24) is 4.31 Å². The number of ether oxygens (including phenoxy) is 1. The smallest absolute Gasteiger partial charge is 0.214 e. The standard InChI is InChI=1S/C21H28N2O3S/c1-17-15-22(16-18(2)23(17)20-9-5-4-6-10-20)27(24,25)13-12-19-8-7-11-21(14-19)26-3/h4-11,14,17-18H,12-13,15-16H2,1-3H3. The van der Waals surface area contributed by atoms with Crippen LogP contribution in [0.5, 0.6) is 5.75 Å². The molecule has 0 aromatic heterocycles. The van der Waals surface area contributed by atoms with E-state index in [1.807, 2.05) is 42.5 Å². The first kappa shape index (κ1) is 19.7. The number of sulfonamides is 1. The van der Waals surface area contributed by atoms with Gasteiger partial charge in [0.05, 0.1) is 12.9 Å². The monoisotopic (exact) mass is 388 g/mol. The summed E-state index contributed by atoms with van der Waals surface area (Å²) in [6, 6.07) is 18.1. The molecular formula is C21H28N2O3S. The van der Waals surface area contributed by atoms with E-state index in [2.05, 4.69) is 30.9 Å². The molecule has 1 aliphatic rings. The lowest BCUT2D eigenvalue weighted by atomic mass is 10.1. The van der Waals surface area contributed by atoms with Crippen LogP contribution in [0.1, 0.15) is 19.4 Å². The Labute approximate surface area is 162 Å². The van der Waals surface area contributed by atoms with Crippen LogP contribution in [0.15, 0.2) is 54.6 Å². The number of nitrogens with zero attached hydrogens (tertiary/aromatic N) is 2. The van der Waals surface area contributed by atoms with Gasteiger partial charge in [-0.2, -0.15) is 4.31 Å². The Hall–Kier alpha value is -2.05. The van der Waals surface area contributed by atoms with E-state index in [0.29, 0.717) is 19.5 Å². The number of anilines is 1. The van der Waals surface area contributed by atoms with Crippen LogP contribution in [0.3, 0.4) is 0 Å². The van der Waals surface area contributed by atoms with Crippen molar-refractivity contribution in [2.24, 2.45) is 0 Å². The number of rotatable bonds is 6. The highest BCUT2D eigenvalue weighted by Gasteiger charge is 2.35. The maximum Gasteiger partial charge on any atom is 0.214 e. The molecule has 0 amide bonds. The molecule has 6 heteroatoms. The van der Waals surface area contributed by atoms with Gasteiger partial charge in [0.2, 0.25) is 10.0 Å². The second kappa shape index (κ2) is 8.31.